The van der Waals surface area contributed by atoms with Crippen LogP contribution in [0.1, 0.15) is 67.6 Å². The molecular formula is C21H26N4O3S2. The van der Waals surface area contributed by atoms with Crippen LogP contribution in [0.25, 0.3) is 0 Å². The van der Waals surface area contributed by atoms with Crippen molar-refractivity contribution in [2.45, 2.75) is 74.0 Å². The predicted octanol–water partition coefficient (Wildman–Crippen LogP) is 3.77. The van der Waals surface area contributed by atoms with Gasteiger partial charge in [-0.05, 0) is 86.9 Å². The third-order valence-corrected chi connectivity index (χ3v) is 9.41. The number of fused-ring (bicyclic) bond motifs is 3. The van der Waals surface area contributed by atoms with E-state index in [4.69, 9.17) is 10.1 Å². The monoisotopic (exact) mass is 446 g/mol. The first-order valence-electron chi connectivity index (χ1n) is 10.3. The fourth-order valence-electron chi connectivity index (χ4n) is 4.67. The number of carbonyl (C=O) groups excluding carboxylic acids is 1. The van der Waals surface area contributed by atoms with Gasteiger partial charge in [0.25, 0.3) is 0 Å². The first kappa shape index (κ1) is 20.1. The number of carbonyl (C=O) groups is 1. The van der Waals surface area contributed by atoms with E-state index < -0.39 is 21.5 Å². The van der Waals surface area contributed by atoms with Crippen molar-refractivity contribution in [2.24, 2.45) is 9.50 Å². The first-order chi connectivity index (χ1) is 14.1. The number of nitrogens with two attached hydrogens (primary N) is 1. The number of hydrogen-bond acceptors (Lipinski definition) is 5. The molecule has 0 bridgehead atoms. The number of urea groups is 1. The summed E-state index contributed by atoms with van der Waals surface area (Å²) in [6.07, 6.45) is 7.17. The minimum Gasteiger partial charge on any atom is -0.386 e. The summed E-state index contributed by atoms with van der Waals surface area (Å²) in [7, 11) is -3.40. The lowest BCUT2D eigenvalue weighted by atomic mass is 10.0. The zero-order chi connectivity index (χ0) is 21.3. The molecule has 5 rings (SSSR count). The van der Waals surface area contributed by atoms with E-state index in [9.17, 15) is 14.1 Å². The van der Waals surface area contributed by atoms with Crippen molar-refractivity contribution in [3.63, 3.8) is 0 Å². The molecule has 3 aliphatic rings. The third-order valence-electron chi connectivity index (χ3n) is 6.55. The minimum atomic E-state index is -3.40. The van der Waals surface area contributed by atoms with E-state index in [1.807, 2.05) is 0 Å². The zero-order valence-corrected chi connectivity index (χ0v) is 18.8. The second-order valence-corrected chi connectivity index (χ2v) is 12.1. The molecule has 4 N–H and O–H groups in total. The highest BCUT2D eigenvalue weighted by atomic mass is 32.2. The zero-order valence-electron chi connectivity index (χ0n) is 17.2. The molecule has 2 aromatic heterocycles. The van der Waals surface area contributed by atoms with Gasteiger partial charge in [-0.15, -0.1) is 15.7 Å². The number of aromatic nitrogens is 1. The van der Waals surface area contributed by atoms with Crippen molar-refractivity contribution in [1.29, 1.82) is 0 Å². The highest BCUT2D eigenvalue weighted by molar-refractivity contribution is 7.93. The number of rotatable bonds is 3. The fourth-order valence-corrected chi connectivity index (χ4v) is 6.95. The maximum atomic E-state index is 13.0. The van der Waals surface area contributed by atoms with Gasteiger partial charge in [-0.25, -0.2) is 14.1 Å². The standard InChI is InChI=1S/C21H26N4O3S2/c1-20(2,27)12-10-16(29-11-12)30(22,28)25-19(26)24-17-13-4-3-5-15(13)23-18-14(17)6-7-21(18)8-9-21/h10-11,27H,3-9H2,1-2H3,(H3,22,23,24,25,26,28)/t30-/m1/s1. The average molecular weight is 447 g/mol. The molecule has 160 valence electrons. The van der Waals surface area contributed by atoms with Crippen molar-refractivity contribution in [1.82, 2.24) is 4.98 Å². The largest absolute Gasteiger partial charge is 0.386 e. The van der Waals surface area contributed by atoms with Gasteiger partial charge < -0.3 is 10.4 Å². The molecule has 0 radical (unpaired) electrons. The number of aliphatic hydroxyl groups is 1. The Balaban J connectivity index is 1.48. The Morgan fingerprint density at radius 1 is 1.30 bits per heavy atom. The van der Waals surface area contributed by atoms with Gasteiger partial charge in [0, 0.05) is 11.1 Å². The Hall–Kier alpha value is -1.81. The fraction of sp³-hybridized carbons (Fsp3) is 0.524. The topological polar surface area (TPSA) is 118 Å². The summed E-state index contributed by atoms with van der Waals surface area (Å²) in [6.45, 7) is 3.27. The Kier molecular flexibility index (Phi) is 4.42. The predicted molar refractivity (Wildman–Crippen MR) is 117 cm³/mol. The molecule has 2 aromatic rings. The second kappa shape index (κ2) is 6.59. The summed E-state index contributed by atoms with van der Waals surface area (Å²) in [6, 6.07) is 0.864. The van der Waals surface area contributed by atoms with Gasteiger partial charge in [-0.1, -0.05) is 0 Å². The number of pyridine rings is 1. The molecular weight excluding hydrogens is 420 g/mol. The Labute approximate surface area is 180 Å². The van der Waals surface area contributed by atoms with Crippen LogP contribution in [-0.4, -0.2) is 20.3 Å². The highest BCUT2D eigenvalue weighted by Crippen LogP contribution is 2.58. The molecule has 2 amide bonds. The van der Waals surface area contributed by atoms with E-state index in [2.05, 4.69) is 9.68 Å². The van der Waals surface area contributed by atoms with Gasteiger partial charge in [0.2, 0.25) is 0 Å². The van der Waals surface area contributed by atoms with E-state index >= 15 is 0 Å². The van der Waals surface area contributed by atoms with Crippen LogP contribution in [0.3, 0.4) is 0 Å². The lowest BCUT2D eigenvalue weighted by Gasteiger charge is -2.16. The smallest absolute Gasteiger partial charge is 0.354 e. The van der Waals surface area contributed by atoms with Crippen LogP contribution in [0.5, 0.6) is 0 Å². The van der Waals surface area contributed by atoms with Crippen molar-refractivity contribution < 1.29 is 14.1 Å². The molecule has 0 aromatic carbocycles. The molecule has 3 aliphatic carbocycles. The van der Waals surface area contributed by atoms with Crippen LogP contribution in [-0.2, 0) is 40.2 Å². The summed E-state index contributed by atoms with van der Waals surface area (Å²) in [5, 5.41) is 20.7. The van der Waals surface area contributed by atoms with Crippen LogP contribution < -0.4 is 10.5 Å². The van der Waals surface area contributed by atoms with Crippen LogP contribution in [0.2, 0.25) is 0 Å². The van der Waals surface area contributed by atoms with Crippen LogP contribution >= 0.6 is 11.3 Å². The molecule has 0 aliphatic heterocycles. The number of thiophene rings is 1. The van der Waals surface area contributed by atoms with Gasteiger partial charge in [0.05, 0.1) is 17.0 Å². The quantitative estimate of drug-likeness (QED) is 0.665. The van der Waals surface area contributed by atoms with Crippen molar-refractivity contribution in [3.8, 4) is 0 Å². The van der Waals surface area contributed by atoms with E-state index in [1.165, 1.54) is 12.8 Å². The molecule has 2 heterocycles. The van der Waals surface area contributed by atoms with E-state index in [0.717, 1.165) is 71.6 Å². The average Bonchev–Trinajstić information content (AvgIpc) is 3.05. The number of amides is 2. The maximum Gasteiger partial charge on any atom is 0.354 e. The first-order valence-corrected chi connectivity index (χ1v) is 12.8. The normalized spacial score (nSPS) is 20.5. The highest BCUT2D eigenvalue weighted by Gasteiger charge is 2.51. The SMILES string of the molecule is CC(C)(O)c1csc([S@](N)(=O)=NC(=O)Nc2c3c(nc4c2CCC42CC2)CCC3)c1. The van der Waals surface area contributed by atoms with E-state index in [1.54, 1.807) is 25.3 Å². The lowest BCUT2D eigenvalue weighted by molar-refractivity contribution is 0.0789. The maximum absolute atomic E-state index is 13.0. The molecule has 1 saturated carbocycles. The van der Waals surface area contributed by atoms with Crippen molar-refractivity contribution >= 4 is 33.0 Å². The molecule has 9 heteroatoms. The molecule has 1 spiro atoms. The summed E-state index contributed by atoms with van der Waals surface area (Å²) >= 11 is 1.14. The number of anilines is 1. The van der Waals surface area contributed by atoms with Gasteiger partial charge in [0.1, 0.15) is 4.21 Å². The summed E-state index contributed by atoms with van der Waals surface area (Å²) < 4.78 is 17.1. The van der Waals surface area contributed by atoms with Crippen LogP contribution in [0.4, 0.5) is 10.5 Å². The van der Waals surface area contributed by atoms with Gasteiger partial charge in [-0.3, -0.25) is 4.98 Å². The number of aryl methyl sites for hydroxylation is 1. The Morgan fingerprint density at radius 2 is 2.07 bits per heavy atom. The second-order valence-electron chi connectivity index (χ2n) is 9.18. The molecule has 0 saturated heterocycles. The van der Waals surface area contributed by atoms with Crippen molar-refractivity contribution in [2.75, 3.05) is 5.32 Å². The number of hydrogen-bond donors (Lipinski definition) is 3. The Bertz CT molecular complexity index is 1180. The lowest BCUT2D eigenvalue weighted by Crippen LogP contribution is -2.19. The number of nitrogens with zero attached hydrogens (tertiary/aromatic N) is 2. The van der Waals surface area contributed by atoms with Gasteiger partial charge in [0.15, 0.2) is 9.92 Å². The van der Waals surface area contributed by atoms with E-state index in [0.29, 0.717) is 5.56 Å². The molecule has 30 heavy (non-hydrogen) atoms. The van der Waals surface area contributed by atoms with Gasteiger partial charge in [-0.2, -0.15) is 0 Å². The van der Waals surface area contributed by atoms with Crippen LogP contribution in [0, 0.1) is 0 Å². The molecule has 1 fully saturated rings. The van der Waals surface area contributed by atoms with Crippen LogP contribution in [0.15, 0.2) is 20.0 Å². The summed E-state index contributed by atoms with van der Waals surface area (Å²) in [5.41, 5.74) is 5.01. The van der Waals surface area contributed by atoms with Gasteiger partial charge >= 0.3 is 6.03 Å². The summed E-state index contributed by atoms with van der Waals surface area (Å²) in [4.78, 5) is 17.8. The molecule has 7 nitrogen and oxygen atoms in total. The van der Waals surface area contributed by atoms with E-state index in [-0.39, 0.29) is 9.62 Å². The molecule has 0 unspecified atom stereocenters. The van der Waals surface area contributed by atoms with Crippen molar-refractivity contribution in [3.05, 3.63) is 39.5 Å². The third kappa shape index (κ3) is 3.28. The molecule has 1 atom stereocenters. The minimum absolute atomic E-state index is 0.218. The Morgan fingerprint density at radius 3 is 2.73 bits per heavy atom. The number of nitrogens with one attached hydrogen (secondary N) is 1. The summed E-state index contributed by atoms with van der Waals surface area (Å²) in [5.74, 6) is 0.